The van der Waals surface area contributed by atoms with Crippen LogP contribution in [0.1, 0.15) is 29.8 Å². The Hall–Kier alpha value is -1.77. The van der Waals surface area contributed by atoms with Crippen molar-refractivity contribution in [3.05, 3.63) is 47.5 Å². The molecule has 3 heteroatoms. The quantitative estimate of drug-likeness (QED) is 0.909. The number of rotatable bonds is 4. The molecule has 0 aliphatic heterocycles. The van der Waals surface area contributed by atoms with Crippen molar-refractivity contribution < 1.29 is 0 Å². The van der Waals surface area contributed by atoms with Gasteiger partial charge >= 0.3 is 0 Å². The number of aromatic nitrogens is 2. The van der Waals surface area contributed by atoms with Crippen molar-refractivity contribution in [3.63, 3.8) is 0 Å². The molecule has 0 radical (unpaired) electrons. The number of imidazole rings is 1. The predicted octanol–water partition coefficient (Wildman–Crippen LogP) is 3.18. The lowest BCUT2D eigenvalue weighted by atomic mass is 9.90. The van der Waals surface area contributed by atoms with E-state index in [1.807, 2.05) is 19.3 Å². The van der Waals surface area contributed by atoms with Crippen LogP contribution in [0.15, 0.2) is 30.6 Å². The van der Waals surface area contributed by atoms with Crippen LogP contribution in [0.3, 0.4) is 0 Å². The van der Waals surface area contributed by atoms with Crippen LogP contribution in [0, 0.1) is 6.92 Å². The van der Waals surface area contributed by atoms with Crippen LogP contribution in [0.2, 0.25) is 0 Å². The molecule has 3 rings (SSSR count). The van der Waals surface area contributed by atoms with Gasteiger partial charge in [-0.2, -0.15) is 0 Å². The van der Waals surface area contributed by atoms with Crippen molar-refractivity contribution in [1.29, 1.82) is 0 Å². The lowest BCUT2D eigenvalue weighted by molar-refractivity contribution is 0.680. The molecule has 0 fully saturated rings. The smallest absolute Gasteiger partial charge is 0.105 e. The molecule has 1 heterocycles. The number of anilines is 1. The van der Waals surface area contributed by atoms with E-state index in [4.69, 9.17) is 0 Å². The second-order valence-electron chi connectivity index (χ2n) is 5.24. The van der Waals surface area contributed by atoms with Crippen molar-refractivity contribution in [1.82, 2.24) is 9.55 Å². The summed E-state index contributed by atoms with van der Waals surface area (Å²) in [5.41, 5.74) is 4.40. The summed E-state index contributed by atoms with van der Waals surface area (Å²) in [6.45, 7) is 3.97. The standard InChI is InChI=1S/C16H21N3/c1-13-17-9-11-19(13)12-10-18-16-8-4-6-14-5-2-3-7-15(14)16/h4,6,8-9,11,18H,2-3,5,7,10,12H2,1H3. The number of hydrogen-bond acceptors (Lipinski definition) is 2. The fourth-order valence-electron chi connectivity index (χ4n) is 2.90. The Labute approximate surface area is 114 Å². The molecule has 2 aromatic rings. The summed E-state index contributed by atoms with van der Waals surface area (Å²) < 4.78 is 2.18. The zero-order valence-electron chi connectivity index (χ0n) is 11.5. The van der Waals surface area contributed by atoms with E-state index in [1.165, 1.54) is 42.5 Å². The minimum absolute atomic E-state index is 0.952. The molecule has 1 aromatic heterocycles. The summed E-state index contributed by atoms with van der Waals surface area (Å²) in [7, 11) is 0. The lowest BCUT2D eigenvalue weighted by Gasteiger charge is -2.20. The Morgan fingerprint density at radius 1 is 1.26 bits per heavy atom. The molecule has 19 heavy (non-hydrogen) atoms. The molecule has 0 saturated carbocycles. The van der Waals surface area contributed by atoms with Crippen LogP contribution < -0.4 is 5.32 Å². The summed E-state index contributed by atoms with van der Waals surface area (Å²) in [4.78, 5) is 4.25. The van der Waals surface area contributed by atoms with Gasteiger partial charge in [0.1, 0.15) is 5.82 Å². The highest BCUT2D eigenvalue weighted by molar-refractivity contribution is 5.55. The molecule has 0 saturated heterocycles. The van der Waals surface area contributed by atoms with Gasteiger partial charge in [0.25, 0.3) is 0 Å². The van der Waals surface area contributed by atoms with Crippen molar-refractivity contribution in [2.75, 3.05) is 11.9 Å². The van der Waals surface area contributed by atoms with Crippen LogP contribution >= 0.6 is 0 Å². The highest BCUT2D eigenvalue weighted by Crippen LogP contribution is 2.27. The SMILES string of the molecule is Cc1nccn1CCNc1cccc2c1CCCC2. The first-order valence-electron chi connectivity index (χ1n) is 7.17. The predicted molar refractivity (Wildman–Crippen MR) is 78.5 cm³/mol. The van der Waals surface area contributed by atoms with Gasteiger partial charge in [-0.05, 0) is 49.8 Å². The Morgan fingerprint density at radius 2 is 2.16 bits per heavy atom. The molecule has 3 nitrogen and oxygen atoms in total. The second kappa shape index (κ2) is 5.47. The third-order valence-corrected chi connectivity index (χ3v) is 3.99. The molecule has 1 N–H and O–H groups in total. The fourth-order valence-corrected chi connectivity index (χ4v) is 2.90. The third-order valence-electron chi connectivity index (χ3n) is 3.99. The summed E-state index contributed by atoms with van der Waals surface area (Å²) >= 11 is 0. The summed E-state index contributed by atoms with van der Waals surface area (Å²) in [6.07, 6.45) is 9.03. The maximum atomic E-state index is 4.25. The maximum Gasteiger partial charge on any atom is 0.105 e. The summed E-state index contributed by atoms with van der Waals surface area (Å²) in [5.74, 6) is 1.08. The first-order chi connectivity index (χ1) is 9.34. The van der Waals surface area contributed by atoms with Gasteiger partial charge in [0, 0.05) is 31.2 Å². The molecule has 0 unspecified atom stereocenters. The number of aryl methyl sites for hydroxylation is 2. The topological polar surface area (TPSA) is 29.9 Å². The fraction of sp³-hybridized carbons (Fsp3) is 0.438. The highest BCUT2D eigenvalue weighted by atomic mass is 15.1. The zero-order valence-corrected chi connectivity index (χ0v) is 11.5. The van der Waals surface area contributed by atoms with E-state index in [-0.39, 0.29) is 0 Å². The van der Waals surface area contributed by atoms with E-state index < -0.39 is 0 Å². The third kappa shape index (κ3) is 2.65. The monoisotopic (exact) mass is 255 g/mol. The van der Waals surface area contributed by atoms with Gasteiger partial charge in [-0.3, -0.25) is 0 Å². The summed E-state index contributed by atoms with van der Waals surface area (Å²) in [5, 5.41) is 3.59. The zero-order chi connectivity index (χ0) is 13.1. The van der Waals surface area contributed by atoms with E-state index in [9.17, 15) is 0 Å². The van der Waals surface area contributed by atoms with Gasteiger partial charge in [0.2, 0.25) is 0 Å². The van der Waals surface area contributed by atoms with E-state index in [0.29, 0.717) is 0 Å². The van der Waals surface area contributed by atoms with E-state index in [1.54, 1.807) is 0 Å². The molecule has 0 atom stereocenters. The van der Waals surface area contributed by atoms with Crippen LogP contribution in [0.5, 0.6) is 0 Å². The molecule has 1 aliphatic rings. The molecule has 1 aromatic carbocycles. The van der Waals surface area contributed by atoms with Crippen molar-refractivity contribution in [2.24, 2.45) is 0 Å². The Balaban J connectivity index is 1.66. The maximum absolute atomic E-state index is 4.25. The first-order valence-corrected chi connectivity index (χ1v) is 7.17. The minimum atomic E-state index is 0.952. The van der Waals surface area contributed by atoms with Crippen LogP contribution in [-0.2, 0) is 19.4 Å². The van der Waals surface area contributed by atoms with Crippen LogP contribution in [0.4, 0.5) is 5.69 Å². The molecule has 0 amide bonds. The lowest BCUT2D eigenvalue weighted by Crippen LogP contribution is -2.14. The first kappa shape index (κ1) is 12.3. The normalized spacial score (nSPS) is 14.2. The number of fused-ring (bicyclic) bond motifs is 1. The Morgan fingerprint density at radius 3 is 3.00 bits per heavy atom. The molecule has 100 valence electrons. The van der Waals surface area contributed by atoms with E-state index >= 15 is 0 Å². The van der Waals surface area contributed by atoms with Crippen molar-refractivity contribution in [2.45, 2.75) is 39.2 Å². The Kier molecular flexibility index (Phi) is 3.53. The van der Waals surface area contributed by atoms with Crippen LogP contribution in [0.25, 0.3) is 0 Å². The number of hydrogen-bond donors (Lipinski definition) is 1. The minimum Gasteiger partial charge on any atom is -0.383 e. The van der Waals surface area contributed by atoms with Crippen molar-refractivity contribution in [3.8, 4) is 0 Å². The van der Waals surface area contributed by atoms with Gasteiger partial charge in [0.05, 0.1) is 0 Å². The van der Waals surface area contributed by atoms with Gasteiger partial charge < -0.3 is 9.88 Å². The van der Waals surface area contributed by atoms with E-state index in [0.717, 1.165) is 18.9 Å². The largest absolute Gasteiger partial charge is 0.383 e. The highest BCUT2D eigenvalue weighted by Gasteiger charge is 2.12. The van der Waals surface area contributed by atoms with Gasteiger partial charge in [-0.1, -0.05) is 12.1 Å². The van der Waals surface area contributed by atoms with Gasteiger partial charge in [0.15, 0.2) is 0 Å². The molecular formula is C16H21N3. The molecule has 1 aliphatic carbocycles. The number of benzene rings is 1. The van der Waals surface area contributed by atoms with Gasteiger partial charge in [-0.25, -0.2) is 4.98 Å². The van der Waals surface area contributed by atoms with Crippen LogP contribution in [-0.4, -0.2) is 16.1 Å². The average Bonchev–Trinajstić information content (AvgIpc) is 2.85. The molecule has 0 spiro atoms. The summed E-state index contributed by atoms with van der Waals surface area (Å²) in [6, 6.07) is 6.67. The number of nitrogens with one attached hydrogen (secondary N) is 1. The Bertz CT molecular complexity index is 557. The van der Waals surface area contributed by atoms with Crippen molar-refractivity contribution >= 4 is 5.69 Å². The molecule has 0 bridgehead atoms. The molecular weight excluding hydrogens is 234 g/mol. The average molecular weight is 255 g/mol. The van der Waals surface area contributed by atoms with E-state index in [2.05, 4.69) is 33.1 Å². The number of nitrogens with zero attached hydrogens (tertiary/aromatic N) is 2. The second-order valence-corrected chi connectivity index (χ2v) is 5.24. The van der Waals surface area contributed by atoms with Gasteiger partial charge in [-0.15, -0.1) is 0 Å².